The highest BCUT2D eigenvalue weighted by Gasteiger charge is 2.15. The van der Waals surface area contributed by atoms with Crippen molar-refractivity contribution in [2.24, 2.45) is 0 Å². The summed E-state index contributed by atoms with van der Waals surface area (Å²) >= 11 is 12.7. The second-order valence-corrected chi connectivity index (χ2v) is 7.10. The molecule has 0 spiro atoms. The molecule has 8 heteroatoms. The largest absolute Gasteiger partial charge is 0.497 e. The van der Waals surface area contributed by atoms with Gasteiger partial charge in [-0.2, -0.15) is 0 Å². The first-order valence-electron chi connectivity index (χ1n) is 7.86. The zero-order valence-corrected chi connectivity index (χ0v) is 17.3. The van der Waals surface area contributed by atoms with Gasteiger partial charge in [0.05, 0.1) is 19.2 Å². The van der Waals surface area contributed by atoms with Crippen molar-refractivity contribution in [2.45, 2.75) is 0 Å². The molecule has 1 N–H and O–H groups in total. The van der Waals surface area contributed by atoms with Crippen LogP contribution in [0.2, 0.25) is 5.02 Å². The van der Waals surface area contributed by atoms with Crippen LogP contribution < -0.4 is 9.47 Å². The van der Waals surface area contributed by atoms with Gasteiger partial charge in [-0.25, -0.2) is 4.79 Å². The van der Waals surface area contributed by atoms with Gasteiger partial charge in [0, 0.05) is 16.2 Å². The van der Waals surface area contributed by atoms with Crippen molar-refractivity contribution in [3.05, 3.63) is 64.0 Å². The van der Waals surface area contributed by atoms with Gasteiger partial charge in [-0.1, -0.05) is 23.7 Å². The molecule has 0 saturated heterocycles. The summed E-state index contributed by atoms with van der Waals surface area (Å²) in [6, 6.07) is 12.6. The van der Waals surface area contributed by atoms with Crippen LogP contribution in [-0.4, -0.2) is 30.5 Å². The zero-order chi connectivity index (χ0) is 20.7. The Labute approximate surface area is 175 Å². The molecule has 0 fully saturated rings. The molecule has 3 aromatic rings. The van der Waals surface area contributed by atoms with Crippen molar-refractivity contribution in [3.63, 3.8) is 0 Å². The highest BCUT2D eigenvalue weighted by Crippen LogP contribution is 2.37. The number of carbonyl (C=O) groups is 2. The van der Waals surface area contributed by atoms with E-state index in [4.69, 9.17) is 37.8 Å². The number of halogens is 2. The van der Waals surface area contributed by atoms with Gasteiger partial charge in [0.1, 0.15) is 16.4 Å². The quantitative estimate of drug-likeness (QED) is 0.406. The summed E-state index contributed by atoms with van der Waals surface area (Å²) < 4.78 is 11.0. The fourth-order valence-electron chi connectivity index (χ4n) is 2.21. The molecule has 0 aliphatic rings. The molecule has 0 atom stereocenters. The van der Waals surface area contributed by atoms with Gasteiger partial charge in [-0.15, -0.1) is 11.3 Å². The van der Waals surface area contributed by atoms with Gasteiger partial charge in [-0.05, 0) is 53.6 Å². The summed E-state index contributed by atoms with van der Waals surface area (Å²) in [4.78, 5) is 21.6. The fraction of sp³-hybridized carbons (Fsp3) is 0.100. The van der Waals surface area contributed by atoms with Gasteiger partial charge < -0.3 is 14.6 Å². The lowest BCUT2D eigenvalue weighted by molar-refractivity contribution is -0.131. The minimum absolute atomic E-state index is 0.376. The Morgan fingerprint density at radius 3 is 2.36 bits per heavy atom. The number of methoxy groups -OCH3 is 2. The van der Waals surface area contributed by atoms with Crippen LogP contribution in [0.25, 0.3) is 16.2 Å². The summed E-state index contributed by atoms with van der Waals surface area (Å²) in [5.74, 6) is 0.464. The Morgan fingerprint density at radius 1 is 1.07 bits per heavy atom. The average Bonchev–Trinajstić information content (AvgIpc) is 3.03. The van der Waals surface area contributed by atoms with Gasteiger partial charge in [-0.3, -0.25) is 4.79 Å². The second-order valence-electron chi connectivity index (χ2n) is 5.33. The second kappa shape index (κ2) is 10.1. The Hall–Kier alpha value is -2.54. The van der Waals surface area contributed by atoms with Gasteiger partial charge in [0.15, 0.2) is 0 Å². The van der Waals surface area contributed by atoms with E-state index in [2.05, 4.69) is 0 Å². The van der Waals surface area contributed by atoms with Crippen LogP contribution in [0.3, 0.4) is 0 Å². The minimum Gasteiger partial charge on any atom is -0.497 e. The molecule has 0 unspecified atom stereocenters. The Kier molecular flexibility index (Phi) is 7.87. The summed E-state index contributed by atoms with van der Waals surface area (Å²) in [7, 11) is 3.15. The van der Waals surface area contributed by atoms with Crippen molar-refractivity contribution < 1.29 is 24.2 Å². The van der Waals surface area contributed by atoms with Crippen LogP contribution in [0.5, 0.6) is 11.5 Å². The maximum absolute atomic E-state index is 11.1. The van der Waals surface area contributed by atoms with Crippen LogP contribution >= 0.6 is 34.5 Å². The number of rotatable bonds is 5. The van der Waals surface area contributed by atoms with E-state index in [1.54, 1.807) is 38.5 Å². The number of fused-ring (bicyclic) bond motifs is 1. The smallest absolute Gasteiger partial charge is 0.328 e. The zero-order valence-electron chi connectivity index (χ0n) is 14.9. The molecule has 0 amide bonds. The molecule has 1 heterocycles. The summed E-state index contributed by atoms with van der Waals surface area (Å²) in [6.45, 7) is 0. The molecule has 5 nitrogen and oxygen atoms in total. The van der Waals surface area contributed by atoms with Crippen molar-refractivity contribution >= 4 is 61.9 Å². The standard InChI is InChI=1S/C10H6Cl2O2S.C10H10O3/c1-14-5-2-3-7-6(4-5)8(11)9(15-7)10(12)13;1-13-9-4-2-3-8(7-9)5-6-10(11)12/h2-4H,1H3;2-7H,1H3,(H,11,12)/b;6-5+. The lowest BCUT2D eigenvalue weighted by atomic mass is 10.2. The molecule has 0 bridgehead atoms. The number of ether oxygens (including phenoxy) is 2. The lowest BCUT2D eigenvalue weighted by Gasteiger charge is -1.99. The summed E-state index contributed by atoms with van der Waals surface area (Å²) in [5, 5.41) is 9.05. The first kappa shape index (κ1) is 21.8. The van der Waals surface area contributed by atoms with E-state index in [-0.39, 0.29) is 0 Å². The molecule has 0 aliphatic carbocycles. The Balaban J connectivity index is 0.000000203. The van der Waals surface area contributed by atoms with Crippen molar-refractivity contribution in [3.8, 4) is 11.5 Å². The lowest BCUT2D eigenvalue weighted by Crippen LogP contribution is -1.86. The third-order valence-electron chi connectivity index (χ3n) is 3.53. The fourth-order valence-corrected chi connectivity index (χ4v) is 3.79. The van der Waals surface area contributed by atoms with Crippen molar-refractivity contribution in [1.82, 2.24) is 0 Å². The van der Waals surface area contributed by atoms with Gasteiger partial charge in [0.25, 0.3) is 5.24 Å². The molecule has 0 radical (unpaired) electrons. The molecular weight excluding hydrogens is 423 g/mol. The number of thiophene rings is 1. The van der Waals surface area contributed by atoms with E-state index in [9.17, 15) is 9.59 Å². The van der Waals surface area contributed by atoms with Crippen molar-refractivity contribution in [1.29, 1.82) is 0 Å². The number of aliphatic carboxylic acids is 1. The SMILES string of the molecule is COc1ccc2sc(C(=O)Cl)c(Cl)c2c1.COc1cccc(/C=C/C(=O)O)c1. The molecular formula is C20H16Cl2O5S. The van der Waals surface area contributed by atoms with Crippen LogP contribution in [0.1, 0.15) is 15.2 Å². The minimum atomic E-state index is -0.956. The van der Waals surface area contributed by atoms with Crippen molar-refractivity contribution in [2.75, 3.05) is 14.2 Å². The van der Waals surface area contributed by atoms with Crippen LogP contribution in [0.4, 0.5) is 0 Å². The highest BCUT2D eigenvalue weighted by atomic mass is 35.5. The number of benzene rings is 2. The van der Waals surface area contributed by atoms with Gasteiger partial charge in [0.2, 0.25) is 0 Å². The molecule has 28 heavy (non-hydrogen) atoms. The molecule has 2 aromatic carbocycles. The first-order chi connectivity index (χ1) is 13.3. The normalized spacial score (nSPS) is 10.4. The molecule has 1 aromatic heterocycles. The van der Waals surface area contributed by atoms with Crippen LogP contribution in [0, 0.1) is 0 Å². The number of hydrogen-bond donors (Lipinski definition) is 1. The Bertz CT molecular complexity index is 1030. The van der Waals surface area contributed by atoms with E-state index in [0.29, 0.717) is 21.4 Å². The first-order valence-corrected chi connectivity index (χ1v) is 9.44. The summed E-state index contributed by atoms with van der Waals surface area (Å²) in [6.07, 6.45) is 2.61. The number of carboxylic acid groups (broad SMARTS) is 1. The van der Waals surface area contributed by atoms with E-state index < -0.39 is 11.2 Å². The van der Waals surface area contributed by atoms with Crippen LogP contribution in [0.15, 0.2) is 48.5 Å². The van der Waals surface area contributed by atoms with Gasteiger partial charge >= 0.3 is 5.97 Å². The predicted octanol–water partition coefficient (Wildman–Crippen LogP) is 5.74. The summed E-state index contributed by atoms with van der Waals surface area (Å²) in [5.41, 5.74) is 0.807. The number of hydrogen-bond acceptors (Lipinski definition) is 5. The molecule has 146 valence electrons. The van der Waals surface area contributed by atoms with Crippen LogP contribution in [-0.2, 0) is 4.79 Å². The average molecular weight is 439 g/mol. The number of carbonyl (C=O) groups excluding carboxylic acids is 1. The van der Waals surface area contributed by atoms with E-state index in [1.165, 1.54) is 17.4 Å². The van der Waals surface area contributed by atoms with E-state index >= 15 is 0 Å². The van der Waals surface area contributed by atoms with E-state index in [0.717, 1.165) is 21.7 Å². The Morgan fingerprint density at radius 2 is 1.75 bits per heavy atom. The highest BCUT2D eigenvalue weighted by molar-refractivity contribution is 7.23. The number of carboxylic acids is 1. The molecule has 0 aliphatic heterocycles. The monoisotopic (exact) mass is 438 g/mol. The maximum atomic E-state index is 11.1. The molecule has 0 saturated carbocycles. The predicted molar refractivity (Wildman–Crippen MR) is 113 cm³/mol. The molecule has 3 rings (SSSR count). The maximum Gasteiger partial charge on any atom is 0.328 e. The third kappa shape index (κ3) is 5.73. The third-order valence-corrected chi connectivity index (χ3v) is 5.50. The van der Waals surface area contributed by atoms with E-state index in [1.807, 2.05) is 18.2 Å². The topological polar surface area (TPSA) is 72.8 Å².